The Morgan fingerprint density at radius 3 is 2.36 bits per heavy atom. The standard InChI is InChI=1S/C17H21F3N2O3/c1-9-4-5-12(6-10(9)2)11(3)21-16(25)22-7-13(15(23)24)14(8-22)17(18,19)20/h4-6,11,13-14H,7-8H2,1-3H3,(H,21,25)(H,23,24)/t11?,13-,14-/m1/s1. The predicted molar refractivity (Wildman–Crippen MR) is 85.1 cm³/mol. The van der Waals surface area contributed by atoms with Gasteiger partial charge in [0.15, 0.2) is 0 Å². The molecule has 2 amide bonds. The van der Waals surface area contributed by atoms with Crippen LogP contribution in [0.2, 0.25) is 0 Å². The molecule has 138 valence electrons. The van der Waals surface area contributed by atoms with Crippen LogP contribution in [0.5, 0.6) is 0 Å². The summed E-state index contributed by atoms with van der Waals surface area (Å²) in [5, 5.41) is 11.6. The second-order valence-electron chi connectivity index (χ2n) is 6.51. The summed E-state index contributed by atoms with van der Waals surface area (Å²) in [5.41, 5.74) is 2.97. The van der Waals surface area contributed by atoms with Crippen LogP contribution in [0.1, 0.15) is 29.7 Å². The number of likely N-dealkylation sites (tertiary alicyclic amines) is 1. The van der Waals surface area contributed by atoms with E-state index in [2.05, 4.69) is 5.32 Å². The number of carbonyl (C=O) groups excluding carboxylic acids is 1. The van der Waals surface area contributed by atoms with Gasteiger partial charge < -0.3 is 15.3 Å². The average Bonchev–Trinajstić information content (AvgIpc) is 2.95. The van der Waals surface area contributed by atoms with Crippen molar-refractivity contribution in [3.05, 3.63) is 34.9 Å². The van der Waals surface area contributed by atoms with Crippen LogP contribution < -0.4 is 5.32 Å². The van der Waals surface area contributed by atoms with E-state index in [0.29, 0.717) is 0 Å². The molecule has 0 bridgehead atoms. The third-order valence-electron chi connectivity index (χ3n) is 4.72. The average molecular weight is 358 g/mol. The van der Waals surface area contributed by atoms with Crippen LogP contribution in [0.3, 0.4) is 0 Å². The number of alkyl halides is 3. The van der Waals surface area contributed by atoms with Gasteiger partial charge in [0.05, 0.1) is 17.9 Å². The van der Waals surface area contributed by atoms with Gasteiger partial charge in [-0.3, -0.25) is 4.79 Å². The molecule has 1 aromatic rings. The van der Waals surface area contributed by atoms with Crippen molar-refractivity contribution in [2.75, 3.05) is 13.1 Å². The highest BCUT2D eigenvalue weighted by Crippen LogP contribution is 2.37. The van der Waals surface area contributed by atoms with Crippen LogP contribution in [0.4, 0.5) is 18.0 Å². The Kier molecular flexibility index (Phi) is 5.29. The van der Waals surface area contributed by atoms with Gasteiger partial charge >= 0.3 is 18.2 Å². The molecule has 1 saturated heterocycles. The lowest BCUT2D eigenvalue weighted by Gasteiger charge is -2.22. The minimum Gasteiger partial charge on any atom is -0.481 e. The first-order valence-corrected chi connectivity index (χ1v) is 7.92. The number of carboxylic acid groups (broad SMARTS) is 1. The molecule has 25 heavy (non-hydrogen) atoms. The van der Waals surface area contributed by atoms with E-state index >= 15 is 0 Å². The Hall–Kier alpha value is -2.25. The normalized spacial score (nSPS) is 21.9. The number of hydrogen-bond acceptors (Lipinski definition) is 2. The first-order valence-electron chi connectivity index (χ1n) is 7.92. The van der Waals surface area contributed by atoms with Crippen molar-refractivity contribution in [2.45, 2.75) is 33.0 Å². The number of carboxylic acids is 1. The first kappa shape index (κ1) is 19.1. The summed E-state index contributed by atoms with van der Waals surface area (Å²) >= 11 is 0. The maximum atomic E-state index is 13.0. The number of hydrogen-bond donors (Lipinski definition) is 2. The fourth-order valence-electron chi connectivity index (χ4n) is 2.95. The minimum atomic E-state index is -4.65. The van der Waals surface area contributed by atoms with E-state index in [0.717, 1.165) is 21.6 Å². The fraction of sp³-hybridized carbons (Fsp3) is 0.529. The maximum absolute atomic E-state index is 13.0. The van der Waals surface area contributed by atoms with Gasteiger partial charge in [0, 0.05) is 13.1 Å². The topological polar surface area (TPSA) is 69.6 Å². The number of carbonyl (C=O) groups is 2. The third-order valence-corrected chi connectivity index (χ3v) is 4.72. The molecular formula is C17H21F3N2O3. The number of nitrogens with one attached hydrogen (secondary N) is 1. The van der Waals surface area contributed by atoms with Gasteiger partial charge in [-0.1, -0.05) is 18.2 Å². The van der Waals surface area contributed by atoms with E-state index in [9.17, 15) is 22.8 Å². The van der Waals surface area contributed by atoms with E-state index in [1.807, 2.05) is 32.0 Å². The molecule has 1 aromatic carbocycles. The lowest BCUT2D eigenvalue weighted by Crippen LogP contribution is -2.40. The number of halogens is 3. The number of rotatable bonds is 3. The van der Waals surface area contributed by atoms with Crippen LogP contribution in [-0.2, 0) is 4.79 Å². The van der Waals surface area contributed by atoms with Crippen LogP contribution >= 0.6 is 0 Å². The number of amides is 2. The van der Waals surface area contributed by atoms with Crippen LogP contribution in [0, 0.1) is 25.7 Å². The van der Waals surface area contributed by atoms with Gasteiger partial charge in [-0.25, -0.2) is 4.79 Å². The van der Waals surface area contributed by atoms with Crippen molar-refractivity contribution in [1.82, 2.24) is 10.2 Å². The lowest BCUT2D eigenvalue weighted by molar-refractivity contribution is -0.187. The third kappa shape index (κ3) is 4.24. The highest BCUT2D eigenvalue weighted by molar-refractivity contribution is 5.78. The summed E-state index contributed by atoms with van der Waals surface area (Å²) in [6, 6.07) is 4.56. The zero-order valence-corrected chi connectivity index (χ0v) is 14.2. The molecule has 1 heterocycles. The Morgan fingerprint density at radius 1 is 1.24 bits per heavy atom. The van der Waals surface area contributed by atoms with Crippen molar-refractivity contribution in [2.24, 2.45) is 11.8 Å². The van der Waals surface area contributed by atoms with Gasteiger partial charge in [-0.2, -0.15) is 13.2 Å². The monoisotopic (exact) mass is 358 g/mol. The SMILES string of the molecule is Cc1ccc(C(C)NC(=O)N2C[C@@H](C(F)(F)F)[C@H](C(=O)O)C2)cc1C. The summed E-state index contributed by atoms with van der Waals surface area (Å²) in [6.45, 7) is 4.51. The van der Waals surface area contributed by atoms with Crippen molar-refractivity contribution in [1.29, 1.82) is 0 Å². The Morgan fingerprint density at radius 2 is 1.88 bits per heavy atom. The number of benzene rings is 1. The van der Waals surface area contributed by atoms with Gasteiger partial charge in [0.1, 0.15) is 0 Å². The second kappa shape index (κ2) is 6.93. The zero-order chi connectivity index (χ0) is 18.9. The molecule has 0 aliphatic carbocycles. The number of nitrogens with zero attached hydrogens (tertiary/aromatic N) is 1. The molecule has 1 aliphatic rings. The fourth-order valence-corrected chi connectivity index (χ4v) is 2.95. The molecule has 0 radical (unpaired) electrons. The Labute approximate surface area is 143 Å². The molecular weight excluding hydrogens is 337 g/mol. The zero-order valence-electron chi connectivity index (χ0n) is 14.2. The summed E-state index contributed by atoms with van der Waals surface area (Å²) in [7, 11) is 0. The maximum Gasteiger partial charge on any atom is 0.394 e. The molecule has 0 saturated carbocycles. The van der Waals surface area contributed by atoms with Crippen molar-refractivity contribution < 1.29 is 27.9 Å². The summed E-state index contributed by atoms with van der Waals surface area (Å²) in [4.78, 5) is 24.3. The van der Waals surface area contributed by atoms with Crippen molar-refractivity contribution in [3.63, 3.8) is 0 Å². The van der Waals surface area contributed by atoms with E-state index in [4.69, 9.17) is 5.11 Å². The molecule has 5 nitrogen and oxygen atoms in total. The van der Waals surface area contributed by atoms with E-state index in [-0.39, 0.29) is 0 Å². The Balaban J connectivity index is 2.07. The largest absolute Gasteiger partial charge is 0.481 e. The predicted octanol–water partition coefficient (Wildman–Crippen LogP) is 3.27. The van der Waals surface area contributed by atoms with Gasteiger partial charge in [0.2, 0.25) is 0 Å². The van der Waals surface area contributed by atoms with Crippen LogP contribution in [0.15, 0.2) is 18.2 Å². The van der Waals surface area contributed by atoms with Crippen LogP contribution in [-0.4, -0.2) is 41.3 Å². The lowest BCUT2D eigenvalue weighted by atomic mass is 9.96. The smallest absolute Gasteiger partial charge is 0.394 e. The number of urea groups is 1. The highest BCUT2D eigenvalue weighted by atomic mass is 19.4. The van der Waals surface area contributed by atoms with E-state index < -0.39 is 49.1 Å². The second-order valence-corrected chi connectivity index (χ2v) is 6.51. The molecule has 3 atom stereocenters. The molecule has 0 spiro atoms. The van der Waals surface area contributed by atoms with Crippen molar-refractivity contribution in [3.8, 4) is 0 Å². The first-order chi connectivity index (χ1) is 11.5. The number of aryl methyl sites for hydroxylation is 2. The molecule has 8 heteroatoms. The molecule has 1 unspecified atom stereocenters. The quantitative estimate of drug-likeness (QED) is 0.871. The molecule has 1 aliphatic heterocycles. The molecule has 1 fully saturated rings. The van der Waals surface area contributed by atoms with E-state index in [1.54, 1.807) is 6.92 Å². The minimum absolute atomic E-state index is 0.403. The summed E-state index contributed by atoms with van der Waals surface area (Å²) in [5.74, 6) is -5.23. The van der Waals surface area contributed by atoms with E-state index in [1.165, 1.54) is 0 Å². The summed E-state index contributed by atoms with van der Waals surface area (Å²) in [6.07, 6.45) is -4.65. The molecule has 2 N–H and O–H groups in total. The Bertz CT molecular complexity index is 676. The number of aliphatic carboxylic acids is 1. The van der Waals surface area contributed by atoms with Gasteiger partial charge in [-0.05, 0) is 37.5 Å². The van der Waals surface area contributed by atoms with Gasteiger partial charge in [-0.15, -0.1) is 0 Å². The van der Waals surface area contributed by atoms with Crippen molar-refractivity contribution >= 4 is 12.0 Å². The highest BCUT2D eigenvalue weighted by Gasteiger charge is 2.53. The summed E-state index contributed by atoms with van der Waals surface area (Å²) < 4.78 is 39.0. The van der Waals surface area contributed by atoms with Gasteiger partial charge in [0.25, 0.3) is 0 Å². The molecule has 2 rings (SSSR count). The molecule has 0 aromatic heterocycles. The van der Waals surface area contributed by atoms with Crippen LogP contribution in [0.25, 0.3) is 0 Å².